The van der Waals surface area contributed by atoms with Crippen LogP contribution in [0, 0.1) is 0 Å². The van der Waals surface area contributed by atoms with Gasteiger partial charge in [0.25, 0.3) is 8.32 Å². The predicted octanol–water partition coefficient (Wildman–Crippen LogP) is 6.37. The van der Waals surface area contributed by atoms with E-state index in [0.29, 0.717) is 13.0 Å². The van der Waals surface area contributed by atoms with E-state index in [4.69, 9.17) is 4.43 Å². The molecule has 0 amide bonds. The van der Waals surface area contributed by atoms with Gasteiger partial charge in [-0.05, 0) is 41.1 Å². The molecule has 2 rings (SSSR count). The molecule has 0 radical (unpaired) electrons. The Morgan fingerprint density at radius 2 is 1.50 bits per heavy atom. The number of alkyl halides is 1. The van der Waals surface area contributed by atoms with Crippen molar-refractivity contribution in [2.45, 2.75) is 51.5 Å². The van der Waals surface area contributed by atoms with Crippen LogP contribution in [0.1, 0.15) is 46.5 Å². The van der Waals surface area contributed by atoms with Gasteiger partial charge in [-0.2, -0.15) is 0 Å². The minimum absolute atomic E-state index is 0.00935. The smallest absolute Gasteiger partial charge is 0.261 e. The van der Waals surface area contributed by atoms with Crippen LogP contribution < -0.4 is 10.4 Å². The van der Waals surface area contributed by atoms with Crippen molar-refractivity contribution in [3.63, 3.8) is 0 Å². The fraction of sp³-hybridized carbons (Fsp3) is 0.417. The van der Waals surface area contributed by atoms with Crippen molar-refractivity contribution >= 4 is 34.6 Å². The lowest BCUT2D eigenvalue weighted by Gasteiger charge is -2.43. The van der Waals surface area contributed by atoms with Crippen molar-refractivity contribution in [1.82, 2.24) is 0 Å². The Morgan fingerprint density at radius 3 is 1.96 bits per heavy atom. The Balaban J connectivity index is 2.20. The first kappa shape index (κ1) is 23.0. The molecule has 0 saturated heterocycles. The summed E-state index contributed by atoms with van der Waals surface area (Å²) in [6.07, 6.45) is 4.59. The summed E-state index contributed by atoms with van der Waals surface area (Å²) >= 11 is 3.33. The number of unbranched alkanes of at least 4 members (excludes halogenated alkanes) is 1. The Hall–Kier alpha value is -1.23. The third kappa shape index (κ3) is 5.88. The maximum Gasteiger partial charge on any atom is 0.261 e. The first-order chi connectivity index (χ1) is 13.4. The van der Waals surface area contributed by atoms with Crippen molar-refractivity contribution < 1.29 is 8.82 Å². The van der Waals surface area contributed by atoms with Crippen LogP contribution in [0.2, 0.25) is 5.04 Å². The third-order valence-electron chi connectivity index (χ3n) is 5.02. The zero-order valence-corrected chi connectivity index (χ0v) is 19.8. The molecule has 2 aromatic carbocycles. The lowest BCUT2D eigenvalue weighted by molar-refractivity contribution is 0.287. The summed E-state index contributed by atoms with van der Waals surface area (Å²) in [6.45, 7) is 7.49. The molecule has 0 spiro atoms. The maximum absolute atomic E-state index is 13.8. The average Bonchev–Trinajstić information content (AvgIpc) is 2.69. The minimum atomic E-state index is -2.46. The van der Waals surface area contributed by atoms with Gasteiger partial charge in [0, 0.05) is 11.9 Å². The highest BCUT2D eigenvalue weighted by molar-refractivity contribution is 9.09. The van der Waals surface area contributed by atoms with Gasteiger partial charge >= 0.3 is 0 Å². The minimum Gasteiger partial charge on any atom is -0.407 e. The molecule has 0 aromatic heterocycles. The maximum atomic E-state index is 13.8. The summed E-state index contributed by atoms with van der Waals surface area (Å²) in [7, 11) is -2.46. The van der Waals surface area contributed by atoms with Gasteiger partial charge in [0.2, 0.25) is 0 Å². The first-order valence-corrected chi connectivity index (χ1v) is 13.1. The quantitative estimate of drug-likeness (QED) is 0.226. The SMILES string of the molecule is CC(C)(C)[Si](OCCCCC(F)=CCCBr)(c1ccccc1)c1ccccc1. The largest absolute Gasteiger partial charge is 0.407 e. The van der Waals surface area contributed by atoms with Crippen molar-refractivity contribution in [3.05, 3.63) is 72.6 Å². The Bertz CT molecular complexity index is 686. The van der Waals surface area contributed by atoms with Crippen molar-refractivity contribution in [3.8, 4) is 0 Å². The first-order valence-electron chi connectivity index (χ1n) is 10.1. The molecule has 0 atom stereocenters. The van der Waals surface area contributed by atoms with Crippen LogP contribution in [0.3, 0.4) is 0 Å². The number of hydrogen-bond donors (Lipinski definition) is 0. The molecule has 2 aromatic rings. The number of rotatable bonds is 10. The molecule has 0 heterocycles. The van der Waals surface area contributed by atoms with Crippen LogP contribution in [-0.2, 0) is 4.43 Å². The van der Waals surface area contributed by atoms with Gasteiger partial charge in [0.1, 0.15) is 0 Å². The summed E-state index contributed by atoms with van der Waals surface area (Å²) in [5.41, 5.74) is 0. The van der Waals surface area contributed by atoms with Gasteiger partial charge in [-0.3, -0.25) is 0 Å². The van der Waals surface area contributed by atoms with Crippen molar-refractivity contribution in [2.75, 3.05) is 11.9 Å². The lowest BCUT2D eigenvalue weighted by Crippen LogP contribution is -2.66. The van der Waals surface area contributed by atoms with Crippen molar-refractivity contribution in [2.24, 2.45) is 0 Å². The molecule has 0 unspecified atom stereocenters. The van der Waals surface area contributed by atoms with Gasteiger partial charge in [0.15, 0.2) is 0 Å². The van der Waals surface area contributed by atoms with Crippen LogP contribution in [0.15, 0.2) is 72.6 Å². The molecule has 0 aliphatic rings. The van der Waals surface area contributed by atoms with E-state index in [1.165, 1.54) is 10.4 Å². The molecule has 0 aliphatic heterocycles. The number of benzene rings is 2. The number of halogens is 2. The van der Waals surface area contributed by atoms with E-state index < -0.39 is 8.32 Å². The highest BCUT2D eigenvalue weighted by Crippen LogP contribution is 2.36. The van der Waals surface area contributed by atoms with Gasteiger partial charge in [-0.15, -0.1) is 0 Å². The highest BCUT2D eigenvalue weighted by Gasteiger charge is 2.49. The van der Waals surface area contributed by atoms with Crippen LogP contribution in [-0.4, -0.2) is 20.3 Å². The second-order valence-corrected chi connectivity index (χ2v) is 13.2. The van der Waals surface area contributed by atoms with Gasteiger partial charge in [-0.1, -0.05) is 103 Å². The van der Waals surface area contributed by atoms with Crippen molar-refractivity contribution in [1.29, 1.82) is 0 Å². The molecule has 28 heavy (non-hydrogen) atoms. The molecule has 4 heteroatoms. The molecular formula is C24H32BrFOSi. The second kappa shape index (κ2) is 11.1. The van der Waals surface area contributed by atoms with E-state index in [-0.39, 0.29) is 10.9 Å². The Kier molecular flexibility index (Phi) is 9.12. The van der Waals surface area contributed by atoms with E-state index in [1.54, 1.807) is 6.08 Å². The van der Waals surface area contributed by atoms with Gasteiger partial charge in [-0.25, -0.2) is 4.39 Å². The molecule has 0 fully saturated rings. The lowest BCUT2D eigenvalue weighted by atomic mass is 10.2. The molecule has 0 N–H and O–H groups in total. The standard InChI is InChI=1S/C24H32BrFOSi/c1-24(2,3)28(22-15-6-4-7-16-22,23-17-8-5-9-18-23)27-20-11-10-13-21(26)14-12-19-25/h4-9,14-18H,10-13,19-20H2,1-3H3. The average molecular weight is 464 g/mol. The van der Waals surface area contributed by atoms with Gasteiger partial charge in [0.05, 0.1) is 5.83 Å². The van der Waals surface area contributed by atoms with Crippen LogP contribution in [0.25, 0.3) is 0 Å². The fourth-order valence-corrected chi connectivity index (χ4v) is 8.53. The highest BCUT2D eigenvalue weighted by atomic mass is 79.9. The fourth-order valence-electron chi connectivity index (χ4n) is 3.70. The van der Waals surface area contributed by atoms with Gasteiger partial charge < -0.3 is 4.43 Å². The number of hydrogen-bond acceptors (Lipinski definition) is 1. The van der Waals surface area contributed by atoms with E-state index in [0.717, 1.165) is 24.6 Å². The predicted molar refractivity (Wildman–Crippen MR) is 125 cm³/mol. The molecule has 1 nitrogen and oxygen atoms in total. The zero-order chi connectivity index (χ0) is 20.5. The molecule has 0 bridgehead atoms. The van der Waals surface area contributed by atoms with E-state index >= 15 is 0 Å². The monoisotopic (exact) mass is 462 g/mol. The van der Waals surface area contributed by atoms with Crippen LogP contribution in [0.5, 0.6) is 0 Å². The second-order valence-electron chi connectivity index (χ2n) is 8.10. The van der Waals surface area contributed by atoms with Crippen LogP contribution in [0.4, 0.5) is 4.39 Å². The summed E-state index contributed by atoms with van der Waals surface area (Å²) in [6, 6.07) is 21.3. The van der Waals surface area contributed by atoms with E-state index in [1.807, 2.05) is 0 Å². The zero-order valence-electron chi connectivity index (χ0n) is 17.3. The summed E-state index contributed by atoms with van der Waals surface area (Å²) in [5.74, 6) is -0.00935. The molecule has 0 aliphatic carbocycles. The Morgan fingerprint density at radius 1 is 0.964 bits per heavy atom. The number of allylic oxidation sites excluding steroid dienone is 2. The van der Waals surface area contributed by atoms with Crippen LogP contribution >= 0.6 is 15.9 Å². The van der Waals surface area contributed by atoms with E-state index in [2.05, 4.69) is 97.4 Å². The summed E-state index contributed by atoms with van der Waals surface area (Å²) in [5, 5.41) is 3.36. The topological polar surface area (TPSA) is 9.23 Å². The molecule has 0 saturated carbocycles. The Labute approximate surface area is 179 Å². The molecular weight excluding hydrogens is 431 g/mol. The van der Waals surface area contributed by atoms with E-state index in [9.17, 15) is 4.39 Å². The third-order valence-corrected chi connectivity index (χ3v) is 10.5. The summed E-state index contributed by atoms with van der Waals surface area (Å²) < 4.78 is 20.6. The normalized spacial score (nSPS) is 13.0. The molecule has 152 valence electrons. The summed E-state index contributed by atoms with van der Waals surface area (Å²) in [4.78, 5) is 0.